The molecular formula is C11H15O3PS. The monoisotopic (exact) mass is 258 g/mol. The van der Waals surface area contributed by atoms with Crippen molar-refractivity contribution in [2.75, 3.05) is 6.61 Å². The molecule has 1 rings (SSSR count). The van der Waals surface area contributed by atoms with Crippen LogP contribution in [0.15, 0.2) is 48.1 Å². The van der Waals surface area contributed by atoms with Gasteiger partial charge in [-0.2, -0.15) is 8.42 Å². The Balaban J connectivity index is 2.70. The SMILES string of the molecule is C=C/C=C\C1=CCCC=C1COS(=O)(=O)P. The summed E-state index contributed by atoms with van der Waals surface area (Å²) in [4.78, 5) is 0. The molecular weight excluding hydrogens is 243 g/mol. The Morgan fingerprint density at radius 1 is 1.44 bits per heavy atom. The minimum absolute atomic E-state index is 0.0825. The Labute approximate surface area is 98.7 Å². The summed E-state index contributed by atoms with van der Waals surface area (Å²) in [6, 6.07) is 0. The third-order valence-electron chi connectivity index (χ3n) is 2.08. The molecule has 0 fully saturated rings. The summed E-state index contributed by atoms with van der Waals surface area (Å²) >= 11 is 0. The van der Waals surface area contributed by atoms with Crippen LogP contribution in [-0.4, -0.2) is 15.0 Å². The van der Waals surface area contributed by atoms with Gasteiger partial charge in [0.15, 0.2) is 0 Å². The van der Waals surface area contributed by atoms with Gasteiger partial charge in [-0.1, -0.05) is 37.0 Å². The van der Waals surface area contributed by atoms with Crippen LogP contribution in [-0.2, 0) is 13.9 Å². The van der Waals surface area contributed by atoms with E-state index in [4.69, 9.17) is 4.18 Å². The van der Waals surface area contributed by atoms with Gasteiger partial charge in [-0.15, -0.1) is 0 Å². The molecule has 0 saturated heterocycles. The van der Waals surface area contributed by atoms with E-state index in [0.717, 1.165) is 24.0 Å². The molecule has 16 heavy (non-hydrogen) atoms. The van der Waals surface area contributed by atoms with Gasteiger partial charge in [-0.25, -0.2) is 0 Å². The maximum atomic E-state index is 10.9. The predicted octanol–water partition coefficient (Wildman–Crippen LogP) is 2.51. The number of allylic oxidation sites excluding steroid dienone is 5. The zero-order chi connectivity index (χ0) is 12.0. The van der Waals surface area contributed by atoms with Gasteiger partial charge in [0.1, 0.15) is 0 Å². The zero-order valence-electron chi connectivity index (χ0n) is 8.93. The highest BCUT2D eigenvalue weighted by Crippen LogP contribution is 2.21. The summed E-state index contributed by atoms with van der Waals surface area (Å²) in [5, 5.41) is 0. The van der Waals surface area contributed by atoms with E-state index in [-0.39, 0.29) is 6.61 Å². The highest BCUT2D eigenvalue weighted by molar-refractivity contribution is 8.34. The first-order valence-corrected chi connectivity index (χ1v) is 7.77. The van der Waals surface area contributed by atoms with Crippen molar-refractivity contribution in [3.63, 3.8) is 0 Å². The second-order valence-electron chi connectivity index (χ2n) is 3.32. The van der Waals surface area contributed by atoms with Crippen LogP contribution in [0, 0.1) is 0 Å². The van der Waals surface area contributed by atoms with Gasteiger partial charge >= 0.3 is 0 Å². The quantitative estimate of drug-likeness (QED) is 0.562. The minimum Gasteiger partial charge on any atom is -0.263 e. The van der Waals surface area contributed by atoms with E-state index >= 15 is 0 Å². The van der Waals surface area contributed by atoms with Gasteiger partial charge < -0.3 is 0 Å². The molecule has 0 bridgehead atoms. The van der Waals surface area contributed by atoms with Crippen LogP contribution in [0.5, 0.6) is 0 Å². The molecule has 0 heterocycles. The van der Waals surface area contributed by atoms with Crippen LogP contribution in [0.2, 0.25) is 0 Å². The largest absolute Gasteiger partial charge is 0.277 e. The van der Waals surface area contributed by atoms with Crippen LogP contribution < -0.4 is 0 Å². The molecule has 0 saturated carbocycles. The molecule has 1 aliphatic rings. The lowest BCUT2D eigenvalue weighted by molar-refractivity contribution is 0.362. The highest BCUT2D eigenvalue weighted by Gasteiger charge is 2.09. The van der Waals surface area contributed by atoms with Crippen molar-refractivity contribution in [1.29, 1.82) is 0 Å². The van der Waals surface area contributed by atoms with E-state index in [2.05, 4.69) is 12.7 Å². The smallest absolute Gasteiger partial charge is 0.263 e. The Bertz CT molecular complexity index is 444. The number of hydrogen-bond acceptors (Lipinski definition) is 3. The van der Waals surface area contributed by atoms with Crippen LogP contribution in [0.1, 0.15) is 12.8 Å². The standard InChI is InChI=1S/C11H15O3PS/c1-2-3-6-10-7-4-5-8-11(10)9-14-16(12,13)15/h2-3,6-8H,1,4-5,9,15H2/b6-3-. The van der Waals surface area contributed by atoms with Crippen molar-refractivity contribution in [1.82, 2.24) is 0 Å². The van der Waals surface area contributed by atoms with Crippen molar-refractivity contribution in [3.8, 4) is 0 Å². The van der Waals surface area contributed by atoms with E-state index in [1.807, 2.05) is 18.2 Å². The summed E-state index contributed by atoms with van der Waals surface area (Å²) in [7, 11) is -1.79. The summed E-state index contributed by atoms with van der Waals surface area (Å²) in [6.45, 7) is 3.67. The Morgan fingerprint density at radius 2 is 2.12 bits per heavy atom. The van der Waals surface area contributed by atoms with E-state index in [1.54, 1.807) is 14.5 Å². The summed E-state index contributed by atoms with van der Waals surface area (Å²) in [6.07, 6.45) is 11.3. The molecule has 5 heteroatoms. The molecule has 3 nitrogen and oxygen atoms in total. The average Bonchev–Trinajstić information content (AvgIpc) is 2.23. The fourth-order valence-electron chi connectivity index (χ4n) is 1.38. The van der Waals surface area contributed by atoms with Gasteiger partial charge in [0.25, 0.3) is 9.74 Å². The Hall–Kier alpha value is -0.700. The maximum absolute atomic E-state index is 10.9. The third kappa shape index (κ3) is 4.88. The molecule has 1 unspecified atom stereocenters. The Kier molecular flexibility index (Phi) is 5.13. The normalized spacial score (nSPS) is 17.1. The third-order valence-corrected chi connectivity index (χ3v) is 2.94. The molecule has 0 aromatic rings. The molecule has 0 aromatic heterocycles. The van der Waals surface area contributed by atoms with Gasteiger partial charge in [0.2, 0.25) is 0 Å². The molecule has 1 aliphatic carbocycles. The van der Waals surface area contributed by atoms with Crippen LogP contribution in [0.3, 0.4) is 0 Å². The van der Waals surface area contributed by atoms with Crippen LogP contribution in [0.4, 0.5) is 0 Å². The molecule has 88 valence electrons. The van der Waals surface area contributed by atoms with Crippen LogP contribution in [0.25, 0.3) is 0 Å². The van der Waals surface area contributed by atoms with E-state index in [1.165, 1.54) is 0 Å². The first-order valence-electron chi connectivity index (χ1n) is 4.89. The first-order chi connectivity index (χ1) is 7.53. The highest BCUT2D eigenvalue weighted by atomic mass is 32.7. The van der Waals surface area contributed by atoms with Crippen molar-refractivity contribution < 1.29 is 12.6 Å². The maximum Gasteiger partial charge on any atom is 0.277 e. The van der Waals surface area contributed by atoms with Crippen molar-refractivity contribution >= 4 is 18.2 Å². The van der Waals surface area contributed by atoms with Gasteiger partial charge in [0, 0.05) is 8.44 Å². The molecule has 0 spiro atoms. The van der Waals surface area contributed by atoms with Crippen molar-refractivity contribution in [2.24, 2.45) is 0 Å². The fraction of sp³-hybridized carbons (Fsp3) is 0.273. The van der Waals surface area contributed by atoms with E-state index in [9.17, 15) is 8.42 Å². The van der Waals surface area contributed by atoms with E-state index in [0.29, 0.717) is 0 Å². The summed E-state index contributed by atoms with van der Waals surface area (Å²) in [5.41, 5.74) is 1.90. The second kappa shape index (κ2) is 6.14. The first kappa shape index (κ1) is 13.4. The lowest BCUT2D eigenvalue weighted by Crippen LogP contribution is -2.05. The molecule has 0 amide bonds. The minimum atomic E-state index is -3.46. The lowest BCUT2D eigenvalue weighted by Gasteiger charge is -2.12. The Morgan fingerprint density at radius 3 is 2.75 bits per heavy atom. The fourth-order valence-corrected chi connectivity index (χ4v) is 1.88. The molecule has 0 N–H and O–H groups in total. The number of hydrogen-bond donors (Lipinski definition) is 0. The van der Waals surface area contributed by atoms with Gasteiger partial charge in [0.05, 0.1) is 6.61 Å². The van der Waals surface area contributed by atoms with Gasteiger partial charge in [-0.05, 0) is 24.0 Å². The molecule has 0 aliphatic heterocycles. The second-order valence-corrected chi connectivity index (χ2v) is 6.27. The topological polar surface area (TPSA) is 43.4 Å². The van der Waals surface area contributed by atoms with Crippen molar-refractivity contribution in [2.45, 2.75) is 12.8 Å². The molecule has 0 radical (unpaired) electrons. The zero-order valence-corrected chi connectivity index (χ0v) is 10.9. The van der Waals surface area contributed by atoms with Crippen LogP contribution >= 0.6 is 8.44 Å². The predicted molar refractivity (Wildman–Crippen MR) is 69.3 cm³/mol. The van der Waals surface area contributed by atoms with Crippen molar-refractivity contribution in [3.05, 3.63) is 48.1 Å². The van der Waals surface area contributed by atoms with Gasteiger partial charge in [-0.3, -0.25) is 4.18 Å². The summed E-state index contributed by atoms with van der Waals surface area (Å²) < 4.78 is 26.5. The molecule has 1 atom stereocenters. The average molecular weight is 258 g/mol. The lowest BCUT2D eigenvalue weighted by atomic mass is 9.98. The molecule has 0 aromatic carbocycles. The van der Waals surface area contributed by atoms with E-state index < -0.39 is 9.74 Å². The summed E-state index contributed by atoms with van der Waals surface area (Å²) in [5.74, 6) is 0. The number of rotatable bonds is 5.